The van der Waals surface area contributed by atoms with Gasteiger partial charge >= 0.3 is 87.5 Å². The molecule has 1 aliphatic carbocycles. The molecule has 0 atom stereocenters. The van der Waals surface area contributed by atoms with Gasteiger partial charge in [-0.15, -0.1) is 0 Å². The molecule has 2 radical (unpaired) electrons. The van der Waals surface area contributed by atoms with E-state index >= 15 is 0 Å². The van der Waals surface area contributed by atoms with Crippen LogP contribution in [0.4, 0.5) is 0 Å². The summed E-state index contributed by atoms with van der Waals surface area (Å²) in [6.07, 6.45) is 4.30. The summed E-state index contributed by atoms with van der Waals surface area (Å²) in [4.78, 5) is 0. The van der Waals surface area contributed by atoms with E-state index in [0.717, 1.165) is 0 Å². The Labute approximate surface area is 87.5 Å². The molecule has 1 aromatic rings. The van der Waals surface area contributed by atoms with Gasteiger partial charge in [-0.3, -0.25) is 0 Å². The van der Waals surface area contributed by atoms with E-state index in [1.165, 1.54) is 47.4 Å². The van der Waals surface area contributed by atoms with Gasteiger partial charge in [0.05, 0.1) is 0 Å². The van der Waals surface area contributed by atoms with Gasteiger partial charge in [-0.05, 0) is 0 Å². The number of hydrogen-bond acceptors (Lipinski definition) is 0. The van der Waals surface area contributed by atoms with E-state index < -0.39 is 0 Å². The van der Waals surface area contributed by atoms with Gasteiger partial charge in [0.1, 0.15) is 0 Å². The molecule has 0 amide bonds. The van der Waals surface area contributed by atoms with Crippen LogP contribution in [0.5, 0.6) is 0 Å². The van der Waals surface area contributed by atoms with Gasteiger partial charge in [0.15, 0.2) is 0 Å². The second kappa shape index (κ2) is 3.06. The normalized spacial score (nSPS) is 20.2. The molecule has 0 unspecified atom stereocenters. The molecule has 0 heterocycles. The molecule has 12 heavy (non-hydrogen) atoms. The average molecular weight is 265 g/mol. The molecule has 0 N–H and O–H groups in total. The third kappa shape index (κ3) is 1.30. The van der Waals surface area contributed by atoms with Gasteiger partial charge in [0, 0.05) is 0 Å². The predicted octanol–water partition coefficient (Wildman–Crippen LogP) is 2.28. The molecule has 2 rings (SSSR count). The van der Waals surface area contributed by atoms with Gasteiger partial charge in [0.25, 0.3) is 0 Å². The number of rotatable bonds is 1. The van der Waals surface area contributed by atoms with E-state index in [1.807, 2.05) is 0 Å². The first kappa shape index (κ1) is 8.61. The molecule has 1 aliphatic rings. The summed E-state index contributed by atoms with van der Waals surface area (Å²) >= 11 is 1.39. The van der Waals surface area contributed by atoms with Crippen LogP contribution in [0.1, 0.15) is 30.4 Å². The van der Waals surface area contributed by atoms with Crippen LogP contribution in [-0.2, 0) is 3.43 Å². The van der Waals surface area contributed by atoms with Crippen molar-refractivity contribution in [2.75, 3.05) is 0 Å². The fourth-order valence-electron chi connectivity index (χ4n) is 1.96. The molecule has 0 bridgehead atoms. The summed E-state index contributed by atoms with van der Waals surface area (Å²) in [5, 5.41) is 0. The van der Waals surface area contributed by atoms with Crippen molar-refractivity contribution >= 4 is 22.5 Å². The molecule has 1 heteroatoms. The molecule has 62 valence electrons. The molecule has 0 saturated heterocycles. The maximum absolute atomic E-state index is 2.32. The topological polar surface area (TPSA) is 0 Å². The fourth-order valence-corrected chi connectivity index (χ4v) is 4.05. The Morgan fingerprint density at radius 1 is 1.25 bits per heavy atom. The van der Waals surface area contributed by atoms with Crippen LogP contribution in [0.3, 0.4) is 0 Å². The van der Waals surface area contributed by atoms with E-state index in [1.54, 1.807) is 5.56 Å². The van der Waals surface area contributed by atoms with Crippen LogP contribution in [0, 0.1) is 6.92 Å². The zero-order valence-electron chi connectivity index (χ0n) is 7.51. The molecule has 0 nitrogen and oxygen atoms in total. The minimum absolute atomic E-state index is 0.635. The van der Waals surface area contributed by atoms with Crippen molar-refractivity contribution in [3.8, 4) is 0 Å². The van der Waals surface area contributed by atoms with Crippen LogP contribution < -0.4 is 0 Å². The standard InChI is InChI=1S/C11H13.Sn.H/c1-9-5-2-3-8-11(9)10-6-4-7-10;;/h2-3,5,8H,4,6-7H2,1H3;;. The molecule has 1 aromatic carbocycles. The van der Waals surface area contributed by atoms with Gasteiger partial charge in [-0.25, -0.2) is 0 Å². The molecule has 0 spiro atoms. The minimum atomic E-state index is 0.635. The average Bonchev–Trinajstić information content (AvgIpc) is 2.01. The van der Waals surface area contributed by atoms with E-state index in [4.69, 9.17) is 0 Å². The molecular formula is C11H14Sn. The second-order valence-electron chi connectivity index (χ2n) is 3.82. The quantitative estimate of drug-likeness (QED) is 0.683. The Bertz CT molecular complexity index is 287. The van der Waals surface area contributed by atoms with Gasteiger partial charge in [-0.2, -0.15) is 0 Å². The van der Waals surface area contributed by atoms with Gasteiger partial charge < -0.3 is 0 Å². The summed E-state index contributed by atoms with van der Waals surface area (Å²) in [5.74, 6) is 0. The van der Waals surface area contributed by atoms with E-state index in [-0.39, 0.29) is 0 Å². The van der Waals surface area contributed by atoms with Gasteiger partial charge in [-0.1, -0.05) is 0 Å². The molecule has 0 aromatic heterocycles. The van der Waals surface area contributed by atoms with E-state index in [0.29, 0.717) is 3.43 Å². The summed E-state index contributed by atoms with van der Waals surface area (Å²) in [7, 11) is 0. The summed E-state index contributed by atoms with van der Waals surface area (Å²) in [6.45, 7) is 2.24. The monoisotopic (exact) mass is 266 g/mol. The Hall–Kier alpha value is 0.0187. The summed E-state index contributed by atoms with van der Waals surface area (Å²) in [6, 6.07) is 8.88. The van der Waals surface area contributed by atoms with Crippen molar-refractivity contribution in [1.82, 2.24) is 0 Å². The maximum atomic E-state index is 2.32. The van der Waals surface area contributed by atoms with Crippen molar-refractivity contribution in [3.05, 3.63) is 35.4 Å². The van der Waals surface area contributed by atoms with Crippen LogP contribution in [0.15, 0.2) is 24.3 Å². The van der Waals surface area contributed by atoms with E-state index in [2.05, 4.69) is 31.2 Å². The molecular weight excluding hydrogens is 251 g/mol. The van der Waals surface area contributed by atoms with Crippen LogP contribution in [0.2, 0.25) is 0 Å². The van der Waals surface area contributed by atoms with Gasteiger partial charge in [0.2, 0.25) is 0 Å². The first-order valence-electron chi connectivity index (χ1n) is 4.57. The van der Waals surface area contributed by atoms with Crippen molar-refractivity contribution < 1.29 is 0 Å². The Morgan fingerprint density at radius 2 is 1.92 bits per heavy atom. The van der Waals surface area contributed by atoms with Crippen LogP contribution >= 0.6 is 0 Å². The third-order valence-corrected chi connectivity index (χ3v) is 5.46. The molecule has 0 aliphatic heterocycles. The van der Waals surface area contributed by atoms with E-state index in [9.17, 15) is 0 Å². The zero-order valence-corrected chi connectivity index (χ0v) is 10.8. The van der Waals surface area contributed by atoms with Crippen LogP contribution in [-0.4, -0.2) is 22.5 Å². The summed E-state index contributed by atoms with van der Waals surface area (Å²) < 4.78 is 0.635. The Kier molecular flexibility index (Phi) is 2.19. The Balaban J connectivity index is 2.39. The van der Waals surface area contributed by atoms with Crippen LogP contribution in [0.25, 0.3) is 0 Å². The first-order chi connectivity index (χ1) is 5.72. The number of hydrogen-bond donors (Lipinski definition) is 0. The summed E-state index contributed by atoms with van der Waals surface area (Å²) in [5.41, 5.74) is 3.11. The predicted molar refractivity (Wildman–Crippen MR) is 53.9 cm³/mol. The van der Waals surface area contributed by atoms with Crippen molar-refractivity contribution in [2.24, 2.45) is 0 Å². The first-order valence-corrected chi connectivity index (χ1v) is 6.22. The number of aryl methyl sites for hydroxylation is 1. The fraction of sp³-hybridized carbons (Fsp3) is 0.455. The number of benzene rings is 1. The molecule has 1 fully saturated rings. The second-order valence-corrected chi connectivity index (χ2v) is 6.98. The Morgan fingerprint density at radius 3 is 2.42 bits per heavy atom. The van der Waals surface area contributed by atoms with Crippen molar-refractivity contribution in [2.45, 2.75) is 29.6 Å². The van der Waals surface area contributed by atoms with Crippen molar-refractivity contribution in [1.29, 1.82) is 0 Å². The van der Waals surface area contributed by atoms with Crippen molar-refractivity contribution in [3.63, 3.8) is 0 Å². The molecule has 1 saturated carbocycles. The SMILES string of the molecule is Cc1ccccc1[C]1([SnH])CCC1. The zero-order chi connectivity index (χ0) is 8.60. The third-order valence-electron chi connectivity index (χ3n) is 2.93.